The van der Waals surface area contributed by atoms with Crippen molar-refractivity contribution >= 4 is 39.1 Å². The summed E-state index contributed by atoms with van der Waals surface area (Å²) in [6.45, 7) is 9.68. The van der Waals surface area contributed by atoms with Gasteiger partial charge in [-0.3, -0.25) is 13.9 Å². The normalized spacial score (nSPS) is 12.2. The maximum Gasteiger partial charge on any atom is 0.264 e. The van der Waals surface area contributed by atoms with E-state index < -0.39 is 28.5 Å². The third kappa shape index (κ3) is 7.64. The van der Waals surface area contributed by atoms with Crippen LogP contribution in [0.15, 0.2) is 77.7 Å². The summed E-state index contributed by atoms with van der Waals surface area (Å²) in [7, 11) is -4.11. The molecule has 0 spiro atoms. The number of amides is 2. The lowest BCUT2D eigenvalue weighted by Crippen LogP contribution is -2.52. The third-order valence-electron chi connectivity index (χ3n) is 6.79. The summed E-state index contributed by atoms with van der Waals surface area (Å²) >= 11 is 6.08. The zero-order valence-corrected chi connectivity index (χ0v) is 25.3. The Morgan fingerprint density at radius 1 is 0.925 bits per heavy atom. The molecule has 9 heteroatoms. The number of nitrogens with zero attached hydrogens (tertiary/aromatic N) is 2. The molecule has 0 aliphatic heterocycles. The van der Waals surface area contributed by atoms with Crippen LogP contribution in [0.5, 0.6) is 0 Å². The van der Waals surface area contributed by atoms with E-state index in [2.05, 4.69) is 5.32 Å². The number of sulfonamides is 1. The molecule has 40 heavy (non-hydrogen) atoms. The highest BCUT2D eigenvalue weighted by Crippen LogP contribution is 2.29. The summed E-state index contributed by atoms with van der Waals surface area (Å²) in [6.07, 6.45) is 0.359. The van der Waals surface area contributed by atoms with Gasteiger partial charge in [0.25, 0.3) is 10.0 Å². The van der Waals surface area contributed by atoms with E-state index in [1.165, 1.54) is 17.0 Å². The minimum Gasteiger partial charge on any atom is -0.354 e. The number of hydrogen-bond donors (Lipinski definition) is 1. The van der Waals surface area contributed by atoms with Crippen molar-refractivity contribution in [2.24, 2.45) is 5.92 Å². The van der Waals surface area contributed by atoms with Crippen LogP contribution in [0.3, 0.4) is 0 Å². The Balaban J connectivity index is 2.07. The van der Waals surface area contributed by atoms with Crippen molar-refractivity contribution in [2.75, 3.05) is 17.4 Å². The third-order valence-corrected chi connectivity index (χ3v) is 8.82. The van der Waals surface area contributed by atoms with Crippen LogP contribution in [0.25, 0.3) is 0 Å². The molecule has 3 aromatic carbocycles. The van der Waals surface area contributed by atoms with Crippen molar-refractivity contribution < 1.29 is 18.0 Å². The first-order valence-electron chi connectivity index (χ1n) is 13.4. The first kappa shape index (κ1) is 31.2. The Labute approximate surface area is 243 Å². The highest BCUT2D eigenvalue weighted by molar-refractivity contribution is 7.92. The van der Waals surface area contributed by atoms with E-state index in [1.807, 2.05) is 40.7 Å². The Morgan fingerprint density at radius 3 is 2.17 bits per heavy atom. The number of halogens is 1. The molecule has 0 heterocycles. The number of aryl methyl sites for hydroxylation is 1. The highest BCUT2D eigenvalue weighted by Gasteiger charge is 2.34. The topological polar surface area (TPSA) is 86.8 Å². The lowest BCUT2D eigenvalue weighted by molar-refractivity contribution is -0.140. The van der Waals surface area contributed by atoms with Gasteiger partial charge in [-0.1, -0.05) is 74.8 Å². The first-order chi connectivity index (χ1) is 18.9. The molecule has 0 radical (unpaired) electrons. The molecule has 0 fully saturated rings. The van der Waals surface area contributed by atoms with Crippen molar-refractivity contribution in [3.63, 3.8) is 0 Å². The average Bonchev–Trinajstić information content (AvgIpc) is 2.93. The molecule has 1 N–H and O–H groups in total. The van der Waals surface area contributed by atoms with E-state index in [0.29, 0.717) is 23.7 Å². The number of rotatable bonds is 12. The molecular formula is C31H38ClN3O4S. The zero-order chi connectivity index (χ0) is 29.4. The Bertz CT molecular complexity index is 1410. The van der Waals surface area contributed by atoms with Crippen molar-refractivity contribution in [1.82, 2.24) is 10.2 Å². The fourth-order valence-electron chi connectivity index (χ4n) is 4.37. The second kappa shape index (κ2) is 13.8. The molecule has 0 aliphatic carbocycles. The second-order valence-electron chi connectivity index (χ2n) is 10.3. The van der Waals surface area contributed by atoms with Crippen LogP contribution in [0.1, 0.15) is 43.9 Å². The molecule has 214 valence electrons. The average molecular weight is 584 g/mol. The predicted molar refractivity (Wildman–Crippen MR) is 161 cm³/mol. The molecule has 2 amide bonds. The molecule has 0 bridgehead atoms. The SMILES string of the molecule is CC[C@@H](C(=O)NCC(C)C)N(Cc1ccc(Cl)cc1)C(=O)CN(c1cccc(C)c1C)S(=O)(=O)c1ccccc1. The molecule has 0 aromatic heterocycles. The van der Waals surface area contributed by atoms with Crippen molar-refractivity contribution in [2.45, 2.75) is 58.5 Å². The van der Waals surface area contributed by atoms with Crippen LogP contribution in [-0.4, -0.2) is 44.3 Å². The predicted octanol–water partition coefficient (Wildman–Crippen LogP) is 5.73. The number of nitrogens with one attached hydrogen (secondary N) is 1. The minimum atomic E-state index is -4.11. The van der Waals surface area contributed by atoms with E-state index in [9.17, 15) is 18.0 Å². The van der Waals surface area contributed by atoms with E-state index in [4.69, 9.17) is 11.6 Å². The summed E-state index contributed by atoms with van der Waals surface area (Å²) in [5.74, 6) is -0.526. The van der Waals surface area contributed by atoms with Gasteiger partial charge in [0.2, 0.25) is 11.8 Å². The Morgan fingerprint density at radius 2 is 1.57 bits per heavy atom. The van der Waals surface area contributed by atoms with Crippen molar-refractivity contribution in [1.29, 1.82) is 0 Å². The van der Waals surface area contributed by atoms with Crippen LogP contribution < -0.4 is 9.62 Å². The van der Waals surface area contributed by atoms with Crippen molar-refractivity contribution in [3.05, 3.63) is 94.5 Å². The van der Waals surface area contributed by atoms with Crippen LogP contribution >= 0.6 is 11.6 Å². The Hall–Kier alpha value is -3.36. The largest absolute Gasteiger partial charge is 0.354 e. The van der Waals surface area contributed by atoms with Gasteiger partial charge in [0.1, 0.15) is 12.6 Å². The van der Waals surface area contributed by atoms with Gasteiger partial charge >= 0.3 is 0 Å². The summed E-state index contributed by atoms with van der Waals surface area (Å²) in [5.41, 5.74) is 2.84. The molecule has 1 atom stereocenters. The van der Waals surface area contributed by atoms with Crippen LogP contribution in [0.2, 0.25) is 5.02 Å². The van der Waals surface area contributed by atoms with Gasteiger partial charge in [0, 0.05) is 18.1 Å². The molecule has 7 nitrogen and oxygen atoms in total. The van der Waals surface area contributed by atoms with E-state index in [1.54, 1.807) is 54.6 Å². The highest BCUT2D eigenvalue weighted by atomic mass is 35.5. The first-order valence-corrected chi connectivity index (χ1v) is 15.2. The smallest absolute Gasteiger partial charge is 0.264 e. The van der Waals surface area contributed by atoms with E-state index >= 15 is 0 Å². The number of carbonyl (C=O) groups excluding carboxylic acids is 2. The molecular weight excluding hydrogens is 546 g/mol. The number of benzene rings is 3. The van der Waals surface area contributed by atoms with Gasteiger partial charge in [-0.05, 0) is 73.2 Å². The lowest BCUT2D eigenvalue weighted by atomic mass is 10.1. The van der Waals surface area contributed by atoms with Gasteiger partial charge in [-0.25, -0.2) is 8.42 Å². The van der Waals surface area contributed by atoms with Gasteiger partial charge in [-0.2, -0.15) is 0 Å². The lowest BCUT2D eigenvalue weighted by Gasteiger charge is -2.34. The van der Waals surface area contributed by atoms with Crippen molar-refractivity contribution in [3.8, 4) is 0 Å². The maximum atomic E-state index is 14.1. The van der Waals surface area contributed by atoms with Gasteiger partial charge in [0.15, 0.2) is 0 Å². The molecule has 0 saturated carbocycles. The second-order valence-corrected chi connectivity index (χ2v) is 12.6. The summed E-state index contributed by atoms with van der Waals surface area (Å²) in [6, 6.07) is 19.7. The summed E-state index contributed by atoms with van der Waals surface area (Å²) in [5, 5.41) is 3.49. The van der Waals surface area contributed by atoms with Crippen LogP contribution in [-0.2, 0) is 26.2 Å². The van der Waals surface area contributed by atoms with Crippen LogP contribution in [0.4, 0.5) is 5.69 Å². The zero-order valence-electron chi connectivity index (χ0n) is 23.7. The number of hydrogen-bond acceptors (Lipinski definition) is 4. The minimum absolute atomic E-state index is 0.0784. The molecule has 0 aliphatic rings. The maximum absolute atomic E-state index is 14.1. The van der Waals surface area contributed by atoms with Gasteiger partial charge < -0.3 is 10.2 Å². The molecule has 3 aromatic rings. The van der Waals surface area contributed by atoms with Gasteiger partial charge in [0.05, 0.1) is 10.6 Å². The van der Waals surface area contributed by atoms with Crippen LogP contribution in [0, 0.1) is 19.8 Å². The summed E-state index contributed by atoms with van der Waals surface area (Å²) < 4.78 is 29.1. The molecule has 3 rings (SSSR count). The monoisotopic (exact) mass is 583 g/mol. The number of anilines is 1. The Kier molecular flexibility index (Phi) is 10.8. The molecule has 0 unspecified atom stereocenters. The fourth-order valence-corrected chi connectivity index (χ4v) is 5.99. The number of carbonyl (C=O) groups is 2. The standard InChI is InChI=1S/C31H38ClN3O4S/c1-6-28(31(37)33-19-22(2)3)34(20-25-15-17-26(32)18-16-25)30(36)21-35(29-14-10-11-23(4)24(29)5)40(38,39)27-12-8-7-9-13-27/h7-18,22,28H,6,19-21H2,1-5H3,(H,33,37)/t28-/m0/s1. The van der Waals surface area contributed by atoms with E-state index in [-0.39, 0.29) is 23.3 Å². The fraction of sp³-hybridized carbons (Fsp3) is 0.355. The summed E-state index contributed by atoms with van der Waals surface area (Å²) in [4.78, 5) is 29.0. The molecule has 0 saturated heterocycles. The van der Waals surface area contributed by atoms with Gasteiger partial charge in [-0.15, -0.1) is 0 Å². The van der Waals surface area contributed by atoms with E-state index in [0.717, 1.165) is 21.0 Å². The quantitative estimate of drug-likeness (QED) is 0.295.